The van der Waals surface area contributed by atoms with Crippen LogP contribution in [0.15, 0.2) is 35.6 Å². The van der Waals surface area contributed by atoms with E-state index in [1.807, 2.05) is 0 Å². The van der Waals surface area contributed by atoms with E-state index in [1.165, 1.54) is 13.0 Å². The highest BCUT2D eigenvalue weighted by atomic mass is 19.4. The van der Waals surface area contributed by atoms with E-state index in [-0.39, 0.29) is 5.69 Å². The molecular formula is C15H13F3N2O4. The average molecular weight is 342 g/mol. The summed E-state index contributed by atoms with van der Waals surface area (Å²) in [5.41, 5.74) is -1.63. The molecule has 0 fully saturated rings. The average Bonchev–Trinajstić information content (AvgIpc) is 2.47. The number of allylic oxidation sites excluding steroid dienone is 1. The van der Waals surface area contributed by atoms with Gasteiger partial charge in [-0.05, 0) is 24.3 Å². The summed E-state index contributed by atoms with van der Waals surface area (Å²) in [6, 6.07) is 4.93. The number of aliphatic hydroxyl groups is 1. The molecule has 1 aromatic rings. The number of carbonyl (C=O) groups excluding carboxylic acids is 1. The molecule has 1 aromatic carbocycles. The molecule has 0 aliphatic rings. The third-order valence-electron chi connectivity index (χ3n) is 3.02. The zero-order valence-corrected chi connectivity index (χ0v) is 12.4. The molecule has 0 aliphatic heterocycles. The van der Waals surface area contributed by atoms with Crippen LogP contribution >= 0.6 is 0 Å². The molecule has 24 heavy (non-hydrogen) atoms. The molecule has 0 spiro atoms. The van der Waals surface area contributed by atoms with E-state index in [9.17, 15) is 27.9 Å². The molecule has 128 valence electrons. The molecule has 0 radical (unpaired) electrons. The third kappa shape index (κ3) is 5.01. The van der Waals surface area contributed by atoms with Gasteiger partial charge < -0.3 is 15.5 Å². The van der Waals surface area contributed by atoms with E-state index in [2.05, 4.69) is 5.32 Å². The summed E-state index contributed by atoms with van der Waals surface area (Å²) in [6.45, 7) is 1.28. The number of nitrogens with one attached hydrogen (secondary N) is 1. The predicted octanol–water partition coefficient (Wildman–Crippen LogP) is 3.09. The van der Waals surface area contributed by atoms with Crippen molar-refractivity contribution in [2.75, 3.05) is 5.32 Å². The number of halogens is 3. The Hall–Kier alpha value is -3.02. The summed E-state index contributed by atoms with van der Waals surface area (Å²) in [7, 11) is 0. The molecule has 1 amide bonds. The first-order valence-corrected chi connectivity index (χ1v) is 6.60. The van der Waals surface area contributed by atoms with Gasteiger partial charge in [0.2, 0.25) is 0 Å². The number of nitriles is 1. The number of carboxylic acids is 1. The summed E-state index contributed by atoms with van der Waals surface area (Å²) in [5, 5.41) is 29.5. The Morgan fingerprint density at radius 1 is 1.25 bits per heavy atom. The van der Waals surface area contributed by atoms with Crippen molar-refractivity contribution < 1.29 is 33.0 Å². The first kappa shape index (κ1) is 19.0. The Balaban J connectivity index is 2.92. The van der Waals surface area contributed by atoms with Crippen LogP contribution in [0.1, 0.15) is 18.9 Å². The monoisotopic (exact) mass is 342 g/mol. The van der Waals surface area contributed by atoms with Crippen molar-refractivity contribution in [1.82, 2.24) is 0 Å². The molecule has 1 atom stereocenters. The molecular weight excluding hydrogens is 329 g/mol. The van der Waals surface area contributed by atoms with Gasteiger partial charge in [0.05, 0.1) is 11.5 Å². The number of benzene rings is 1. The van der Waals surface area contributed by atoms with Crippen molar-refractivity contribution in [2.24, 2.45) is 5.92 Å². The molecule has 0 bridgehead atoms. The fraction of sp³-hybridized carbons (Fsp3) is 0.267. The maximum Gasteiger partial charge on any atom is 0.416 e. The zero-order chi connectivity index (χ0) is 18.5. The van der Waals surface area contributed by atoms with E-state index in [0.29, 0.717) is 0 Å². The third-order valence-corrected chi connectivity index (χ3v) is 3.02. The molecule has 9 heteroatoms. The highest BCUT2D eigenvalue weighted by molar-refractivity contribution is 6.06. The molecule has 1 rings (SSSR count). The Kier molecular flexibility index (Phi) is 5.95. The summed E-state index contributed by atoms with van der Waals surface area (Å²) >= 11 is 0. The van der Waals surface area contributed by atoms with Gasteiger partial charge in [0.25, 0.3) is 5.91 Å². The fourth-order valence-electron chi connectivity index (χ4n) is 1.66. The second kappa shape index (κ2) is 7.50. The number of anilines is 1. The maximum absolute atomic E-state index is 12.4. The summed E-state index contributed by atoms with van der Waals surface area (Å²) < 4.78 is 37.3. The van der Waals surface area contributed by atoms with Gasteiger partial charge in [-0.25, -0.2) is 0 Å². The van der Waals surface area contributed by atoms with Crippen molar-refractivity contribution >= 4 is 17.6 Å². The molecule has 0 aromatic heterocycles. The zero-order valence-electron chi connectivity index (χ0n) is 12.4. The number of nitrogens with zero attached hydrogens (tertiary/aromatic N) is 1. The van der Waals surface area contributed by atoms with E-state index in [4.69, 9.17) is 10.4 Å². The van der Waals surface area contributed by atoms with E-state index in [0.717, 1.165) is 24.3 Å². The lowest BCUT2D eigenvalue weighted by molar-refractivity contribution is -0.141. The lowest BCUT2D eigenvalue weighted by atomic mass is 10.0. The first-order valence-electron chi connectivity index (χ1n) is 6.60. The van der Waals surface area contributed by atoms with Gasteiger partial charge in [-0.3, -0.25) is 9.59 Å². The van der Waals surface area contributed by atoms with Crippen molar-refractivity contribution in [3.8, 4) is 6.07 Å². The second-order valence-corrected chi connectivity index (χ2v) is 4.91. The minimum atomic E-state index is -4.52. The van der Waals surface area contributed by atoms with Gasteiger partial charge in [-0.1, -0.05) is 6.92 Å². The molecule has 1 unspecified atom stereocenters. The van der Waals surface area contributed by atoms with Crippen LogP contribution in [0.4, 0.5) is 18.9 Å². The minimum absolute atomic E-state index is 0.0140. The lowest BCUT2D eigenvalue weighted by Crippen LogP contribution is -2.18. The number of rotatable bonds is 5. The Morgan fingerprint density at radius 2 is 1.79 bits per heavy atom. The van der Waals surface area contributed by atoms with Gasteiger partial charge in [0, 0.05) is 12.1 Å². The van der Waals surface area contributed by atoms with Crippen LogP contribution in [0, 0.1) is 17.2 Å². The topological polar surface area (TPSA) is 110 Å². The van der Waals surface area contributed by atoms with Crippen LogP contribution in [-0.4, -0.2) is 22.1 Å². The van der Waals surface area contributed by atoms with Gasteiger partial charge in [-0.15, -0.1) is 0 Å². The highest BCUT2D eigenvalue weighted by Gasteiger charge is 2.30. The van der Waals surface area contributed by atoms with Crippen LogP contribution in [0.3, 0.4) is 0 Å². The largest absolute Gasteiger partial charge is 0.511 e. The van der Waals surface area contributed by atoms with Crippen LogP contribution in [0.2, 0.25) is 0 Å². The number of carboxylic acid groups (broad SMARTS) is 1. The van der Waals surface area contributed by atoms with Crippen molar-refractivity contribution in [3.05, 3.63) is 41.2 Å². The smallest absolute Gasteiger partial charge is 0.416 e. The normalized spacial score (nSPS) is 13.5. The number of aliphatic hydroxyl groups excluding tert-OH is 1. The molecule has 0 saturated carbocycles. The Labute approximate surface area is 134 Å². The summed E-state index contributed by atoms with van der Waals surface area (Å²) in [5.74, 6) is -4.00. The van der Waals surface area contributed by atoms with Crippen LogP contribution in [0.5, 0.6) is 0 Å². The maximum atomic E-state index is 12.4. The van der Waals surface area contributed by atoms with Crippen molar-refractivity contribution in [2.45, 2.75) is 19.5 Å². The van der Waals surface area contributed by atoms with E-state index in [1.54, 1.807) is 0 Å². The minimum Gasteiger partial charge on any atom is -0.511 e. The van der Waals surface area contributed by atoms with E-state index < -0.39 is 47.3 Å². The Bertz CT molecular complexity index is 703. The summed E-state index contributed by atoms with van der Waals surface area (Å²) in [6.07, 6.45) is -4.95. The number of amides is 1. The number of hydrogen-bond donors (Lipinski definition) is 3. The SMILES string of the molecule is CC(C/C(O)=C(\C#N)C(=O)Nc1ccc(C(F)(F)F)cc1)C(=O)O. The highest BCUT2D eigenvalue weighted by Crippen LogP contribution is 2.29. The fourth-order valence-corrected chi connectivity index (χ4v) is 1.66. The van der Waals surface area contributed by atoms with Crippen LogP contribution in [-0.2, 0) is 15.8 Å². The first-order chi connectivity index (χ1) is 11.1. The van der Waals surface area contributed by atoms with Crippen molar-refractivity contribution in [3.63, 3.8) is 0 Å². The molecule has 0 aliphatic carbocycles. The molecule has 6 nitrogen and oxygen atoms in total. The standard InChI is InChI=1S/C15H13F3N2O4/c1-8(14(23)24)6-12(21)11(7-19)13(22)20-10-4-2-9(3-5-10)15(16,17)18/h2-5,8,21H,6H2,1H3,(H,20,22)(H,23,24)/b12-11-. The van der Waals surface area contributed by atoms with Gasteiger partial charge in [0.1, 0.15) is 11.8 Å². The van der Waals surface area contributed by atoms with Crippen molar-refractivity contribution in [1.29, 1.82) is 5.26 Å². The summed E-state index contributed by atoms with van der Waals surface area (Å²) in [4.78, 5) is 22.6. The molecule has 0 saturated heterocycles. The van der Waals surface area contributed by atoms with Gasteiger partial charge in [-0.2, -0.15) is 18.4 Å². The van der Waals surface area contributed by atoms with Crippen LogP contribution < -0.4 is 5.32 Å². The van der Waals surface area contributed by atoms with E-state index >= 15 is 0 Å². The number of carbonyl (C=O) groups is 2. The van der Waals surface area contributed by atoms with Gasteiger partial charge in [0.15, 0.2) is 5.57 Å². The Morgan fingerprint density at radius 3 is 2.21 bits per heavy atom. The lowest BCUT2D eigenvalue weighted by Gasteiger charge is -2.10. The number of hydrogen-bond acceptors (Lipinski definition) is 4. The number of alkyl halides is 3. The van der Waals surface area contributed by atoms with Crippen LogP contribution in [0.25, 0.3) is 0 Å². The molecule has 3 N–H and O–H groups in total. The predicted molar refractivity (Wildman–Crippen MR) is 76.8 cm³/mol. The second-order valence-electron chi connectivity index (χ2n) is 4.91. The number of aliphatic carboxylic acids is 1. The molecule has 0 heterocycles. The van der Waals surface area contributed by atoms with Gasteiger partial charge >= 0.3 is 12.1 Å². The quantitative estimate of drug-likeness (QED) is 0.433.